The summed E-state index contributed by atoms with van der Waals surface area (Å²) in [6, 6.07) is 0. The lowest BCUT2D eigenvalue weighted by Gasteiger charge is -2.31. The molecular weight excluding hydrogens is 170 g/mol. The molecule has 1 aliphatic heterocycles. The highest BCUT2D eigenvalue weighted by molar-refractivity contribution is 5.89. The van der Waals surface area contributed by atoms with Gasteiger partial charge in [-0.2, -0.15) is 0 Å². The first-order valence-electron chi connectivity index (χ1n) is 4.67. The van der Waals surface area contributed by atoms with Crippen molar-refractivity contribution in [2.24, 2.45) is 5.73 Å². The van der Waals surface area contributed by atoms with E-state index in [-0.39, 0.29) is 12.4 Å². The molecule has 1 rings (SSSR count). The minimum Gasteiger partial charge on any atom is -0.381 e. The van der Waals surface area contributed by atoms with Crippen molar-refractivity contribution in [3.8, 4) is 0 Å². The third kappa shape index (κ3) is 2.76. The second-order valence-electron chi connectivity index (χ2n) is 3.33. The molecule has 4 heteroatoms. The number of hydrogen-bond acceptors (Lipinski definition) is 4. The van der Waals surface area contributed by atoms with Gasteiger partial charge in [0.2, 0.25) is 0 Å². The van der Waals surface area contributed by atoms with Crippen LogP contribution >= 0.6 is 0 Å². The van der Waals surface area contributed by atoms with Crippen LogP contribution in [0.25, 0.3) is 0 Å². The standard InChI is InChI=1S/C9H17NO3/c1-2-12-7-8(11)9(10)3-5-13-6-4-9/h2-7,10H2,1H3. The molecule has 76 valence electrons. The van der Waals surface area contributed by atoms with E-state index in [1.54, 1.807) is 0 Å². The van der Waals surface area contributed by atoms with Gasteiger partial charge in [0.15, 0.2) is 5.78 Å². The van der Waals surface area contributed by atoms with E-state index in [0.29, 0.717) is 32.7 Å². The van der Waals surface area contributed by atoms with Crippen LogP contribution in [0.2, 0.25) is 0 Å². The van der Waals surface area contributed by atoms with Gasteiger partial charge < -0.3 is 15.2 Å². The molecule has 0 spiro atoms. The van der Waals surface area contributed by atoms with E-state index < -0.39 is 5.54 Å². The van der Waals surface area contributed by atoms with Crippen LogP contribution in [0.1, 0.15) is 19.8 Å². The molecule has 0 radical (unpaired) electrons. The van der Waals surface area contributed by atoms with E-state index in [1.165, 1.54) is 0 Å². The Morgan fingerprint density at radius 1 is 1.54 bits per heavy atom. The third-order valence-electron chi connectivity index (χ3n) is 2.38. The van der Waals surface area contributed by atoms with Crippen molar-refractivity contribution >= 4 is 5.78 Å². The van der Waals surface area contributed by atoms with Crippen molar-refractivity contribution in [2.75, 3.05) is 26.4 Å². The van der Waals surface area contributed by atoms with Gasteiger partial charge in [0.1, 0.15) is 6.61 Å². The summed E-state index contributed by atoms with van der Waals surface area (Å²) in [6.45, 7) is 3.70. The average molecular weight is 187 g/mol. The van der Waals surface area contributed by atoms with Crippen molar-refractivity contribution in [2.45, 2.75) is 25.3 Å². The predicted molar refractivity (Wildman–Crippen MR) is 48.5 cm³/mol. The van der Waals surface area contributed by atoms with E-state index in [4.69, 9.17) is 15.2 Å². The van der Waals surface area contributed by atoms with Crippen LogP contribution < -0.4 is 5.73 Å². The summed E-state index contributed by atoms with van der Waals surface area (Å²) in [4.78, 5) is 11.6. The van der Waals surface area contributed by atoms with Crippen LogP contribution in [0.3, 0.4) is 0 Å². The zero-order chi connectivity index (χ0) is 9.73. The summed E-state index contributed by atoms with van der Waals surface area (Å²) in [6.07, 6.45) is 1.22. The number of Topliss-reactive ketones (excluding diaryl/α,β-unsaturated/α-hetero) is 1. The fraction of sp³-hybridized carbons (Fsp3) is 0.889. The van der Waals surface area contributed by atoms with Gasteiger partial charge in [0, 0.05) is 19.8 Å². The second kappa shape index (κ2) is 4.69. The highest BCUT2D eigenvalue weighted by atomic mass is 16.5. The quantitative estimate of drug-likeness (QED) is 0.678. The lowest BCUT2D eigenvalue weighted by Crippen LogP contribution is -2.53. The molecule has 0 aliphatic carbocycles. The molecule has 1 heterocycles. The number of carbonyl (C=O) groups excluding carboxylic acids is 1. The van der Waals surface area contributed by atoms with Crippen molar-refractivity contribution in [3.05, 3.63) is 0 Å². The maximum absolute atomic E-state index is 11.6. The zero-order valence-electron chi connectivity index (χ0n) is 8.04. The van der Waals surface area contributed by atoms with E-state index in [1.807, 2.05) is 6.92 Å². The summed E-state index contributed by atoms with van der Waals surface area (Å²) in [5.41, 5.74) is 5.23. The van der Waals surface area contributed by atoms with Gasteiger partial charge in [-0.1, -0.05) is 0 Å². The van der Waals surface area contributed by atoms with Gasteiger partial charge >= 0.3 is 0 Å². The largest absolute Gasteiger partial charge is 0.381 e. The van der Waals surface area contributed by atoms with Crippen LogP contribution in [-0.4, -0.2) is 37.7 Å². The molecule has 2 N–H and O–H groups in total. The monoisotopic (exact) mass is 187 g/mol. The number of ether oxygens (including phenoxy) is 2. The minimum atomic E-state index is -0.701. The molecule has 1 saturated heterocycles. The van der Waals surface area contributed by atoms with Gasteiger partial charge in [-0.25, -0.2) is 0 Å². The minimum absolute atomic E-state index is 0.00218. The predicted octanol–water partition coefficient (Wildman–Crippen LogP) is 0.0999. The number of ketones is 1. The number of nitrogens with two attached hydrogens (primary N) is 1. The van der Waals surface area contributed by atoms with Crippen LogP contribution in [0.5, 0.6) is 0 Å². The normalized spacial score (nSPS) is 21.4. The first-order chi connectivity index (χ1) is 6.19. The highest BCUT2D eigenvalue weighted by Gasteiger charge is 2.35. The second-order valence-corrected chi connectivity index (χ2v) is 3.33. The molecule has 0 unspecified atom stereocenters. The van der Waals surface area contributed by atoms with Gasteiger partial charge in [-0.15, -0.1) is 0 Å². The van der Waals surface area contributed by atoms with Crippen molar-refractivity contribution < 1.29 is 14.3 Å². The molecule has 0 bridgehead atoms. The molecule has 0 saturated carbocycles. The number of hydrogen-bond donors (Lipinski definition) is 1. The zero-order valence-corrected chi connectivity index (χ0v) is 8.04. The molecule has 4 nitrogen and oxygen atoms in total. The Bertz CT molecular complexity index is 176. The van der Waals surface area contributed by atoms with Crippen molar-refractivity contribution in [3.63, 3.8) is 0 Å². The van der Waals surface area contributed by atoms with Crippen molar-refractivity contribution in [1.82, 2.24) is 0 Å². The molecule has 0 aromatic heterocycles. The Kier molecular flexibility index (Phi) is 3.84. The lowest BCUT2D eigenvalue weighted by molar-refractivity contribution is -0.132. The van der Waals surface area contributed by atoms with Gasteiger partial charge in [-0.05, 0) is 19.8 Å². The summed E-state index contributed by atoms with van der Waals surface area (Å²) in [5.74, 6) is -0.00218. The van der Waals surface area contributed by atoms with E-state index in [9.17, 15) is 4.79 Å². The topological polar surface area (TPSA) is 61.5 Å². The fourth-order valence-corrected chi connectivity index (χ4v) is 1.35. The number of rotatable bonds is 4. The van der Waals surface area contributed by atoms with Crippen LogP contribution in [0.4, 0.5) is 0 Å². The summed E-state index contributed by atoms with van der Waals surface area (Å²) in [7, 11) is 0. The summed E-state index contributed by atoms with van der Waals surface area (Å²) < 4.78 is 10.2. The number of carbonyl (C=O) groups is 1. The third-order valence-corrected chi connectivity index (χ3v) is 2.38. The lowest BCUT2D eigenvalue weighted by atomic mass is 9.87. The summed E-state index contributed by atoms with van der Waals surface area (Å²) >= 11 is 0. The Morgan fingerprint density at radius 2 is 2.15 bits per heavy atom. The molecule has 0 aromatic rings. The Hall–Kier alpha value is -0.450. The smallest absolute Gasteiger partial charge is 0.178 e. The van der Waals surface area contributed by atoms with E-state index in [2.05, 4.69) is 0 Å². The Labute approximate surface area is 78.4 Å². The fourth-order valence-electron chi connectivity index (χ4n) is 1.35. The van der Waals surface area contributed by atoms with Crippen LogP contribution in [-0.2, 0) is 14.3 Å². The molecule has 13 heavy (non-hydrogen) atoms. The SMILES string of the molecule is CCOCC(=O)C1(N)CCOCC1. The first-order valence-corrected chi connectivity index (χ1v) is 4.67. The maximum Gasteiger partial charge on any atom is 0.178 e. The molecular formula is C9H17NO3. The van der Waals surface area contributed by atoms with E-state index >= 15 is 0 Å². The van der Waals surface area contributed by atoms with Gasteiger partial charge in [0.25, 0.3) is 0 Å². The molecule has 1 aliphatic rings. The average Bonchev–Trinajstić information content (AvgIpc) is 2.15. The Morgan fingerprint density at radius 3 is 2.69 bits per heavy atom. The maximum atomic E-state index is 11.6. The van der Waals surface area contributed by atoms with Gasteiger partial charge in [-0.3, -0.25) is 4.79 Å². The van der Waals surface area contributed by atoms with Crippen LogP contribution in [0.15, 0.2) is 0 Å². The summed E-state index contributed by atoms with van der Waals surface area (Å²) in [5, 5.41) is 0. The molecule has 0 amide bonds. The molecule has 0 aromatic carbocycles. The van der Waals surface area contributed by atoms with E-state index in [0.717, 1.165) is 0 Å². The first kappa shape index (κ1) is 10.6. The van der Waals surface area contributed by atoms with Crippen LogP contribution in [0, 0.1) is 0 Å². The molecule has 1 fully saturated rings. The highest BCUT2D eigenvalue weighted by Crippen LogP contribution is 2.18. The Balaban J connectivity index is 2.42. The van der Waals surface area contributed by atoms with Crippen molar-refractivity contribution in [1.29, 1.82) is 0 Å². The molecule has 0 atom stereocenters. The van der Waals surface area contributed by atoms with Gasteiger partial charge in [0.05, 0.1) is 5.54 Å².